The monoisotopic (exact) mass is 415 g/mol. The summed E-state index contributed by atoms with van der Waals surface area (Å²) in [4.78, 5) is 19.2. The topological polar surface area (TPSA) is 102 Å². The van der Waals surface area contributed by atoms with Crippen molar-refractivity contribution in [2.75, 3.05) is 17.7 Å². The van der Waals surface area contributed by atoms with Crippen LogP contribution in [0.5, 0.6) is 5.75 Å². The molecular weight excluding hydrogens is 402 g/mol. The summed E-state index contributed by atoms with van der Waals surface area (Å²) in [6.45, 7) is 0. The van der Waals surface area contributed by atoms with Gasteiger partial charge >= 0.3 is 5.69 Å². The van der Waals surface area contributed by atoms with Crippen molar-refractivity contribution < 1.29 is 9.66 Å². The van der Waals surface area contributed by atoms with E-state index in [1.807, 2.05) is 18.2 Å². The van der Waals surface area contributed by atoms with Crippen molar-refractivity contribution in [3.63, 3.8) is 0 Å². The third-order valence-electron chi connectivity index (χ3n) is 3.46. The lowest BCUT2D eigenvalue weighted by molar-refractivity contribution is -0.383. The molecule has 0 spiro atoms. The second-order valence-electron chi connectivity index (χ2n) is 5.14. The Morgan fingerprint density at radius 2 is 1.81 bits per heavy atom. The van der Waals surface area contributed by atoms with E-state index in [0.29, 0.717) is 17.1 Å². The van der Waals surface area contributed by atoms with Crippen LogP contribution in [-0.2, 0) is 0 Å². The van der Waals surface area contributed by atoms with E-state index >= 15 is 0 Å². The highest BCUT2D eigenvalue weighted by molar-refractivity contribution is 9.10. The van der Waals surface area contributed by atoms with Gasteiger partial charge in [0, 0.05) is 16.2 Å². The fourth-order valence-corrected chi connectivity index (χ4v) is 2.65. The van der Waals surface area contributed by atoms with Crippen LogP contribution in [0.25, 0.3) is 0 Å². The minimum atomic E-state index is -0.526. The zero-order valence-electron chi connectivity index (χ0n) is 13.6. The highest BCUT2D eigenvalue weighted by Gasteiger charge is 2.23. The second-order valence-corrected chi connectivity index (χ2v) is 5.99. The van der Waals surface area contributed by atoms with Crippen molar-refractivity contribution in [1.29, 1.82) is 0 Å². The summed E-state index contributed by atoms with van der Waals surface area (Å²) in [5.41, 5.74) is 1.01. The molecule has 26 heavy (non-hydrogen) atoms. The number of nitro groups is 1. The number of anilines is 4. The Morgan fingerprint density at radius 1 is 1.08 bits per heavy atom. The Hall–Kier alpha value is -3.20. The van der Waals surface area contributed by atoms with E-state index in [2.05, 4.69) is 36.5 Å². The quantitative estimate of drug-likeness (QED) is 0.446. The zero-order valence-corrected chi connectivity index (χ0v) is 15.2. The predicted molar refractivity (Wildman–Crippen MR) is 102 cm³/mol. The summed E-state index contributed by atoms with van der Waals surface area (Å²) in [5.74, 6) is 0.786. The highest BCUT2D eigenvalue weighted by atomic mass is 79.9. The molecule has 0 saturated carbocycles. The molecular formula is C17H14BrN5O3. The van der Waals surface area contributed by atoms with Crippen LogP contribution in [0.15, 0.2) is 59.3 Å². The van der Waals surface area contributed by atoms with Crippen molar-refractivity contribution >= 4 is 44.6 Å². The normalized spacial score (nSPS) is 10.2. The van der Waals surface area contributed by atoms with Crippen LogP contribution in [0.2, 0.25) is 0 Å². The summed E-state index contributed by atoms with van der Waals surface area (Å²) in [5, 5.41) is 17.6. The van der Waals surface area contributed by atoms with Crippen molar-refractivity contribution in [1.82, 2.24) is 9.97 Å². The summed E-state index contributed by atoms with van der Waals surface area (Å²) < 4.78 is 5.92. The van der Waals surface area contributed by atoms with Gasteiger partial charge in [-0.1, -0.05) is 18.2 Å². The van der Waals surface area contributed by atoms with Gasteiger partial charge in [0.2, 0.25) is 11.6 Å². The molecule has 0 aliphatic carbocycles. The van der Waals surface area contributed by atoms with E-state index in [1.54, 1.807) is 37.4 Å². The molecule has 0 aliphatic rings. The second kappa shape index (κ2) is 7.79. The number of rotatable bonds is 6. The highest BCUT2D eigenvalue weighted by Crippen LogP contribution is 2.35. The third kappa shape index (κ3) is 3.89. The number of hydrogen-bond donors (Lipinski definition) is 2. The number of aromatic nitrogens is 2. The van der Waals surface area contributed by atoms with Crippen molar-refractivity contribution in [3.8, 4) is 5.75 Å². The maximum Gasteiger partial charge on any atom is 0.353 e. The van der Waals surface area contributed by atoms with Gasteiger partial charge in [0.25, 0.3) is 0 Å². The van der Waals surface area contributed by atoms with Crippen molar-refractivity contribution in [3.05, 3.63) is 69.4 Å². The average molecular weight is 416 g/mol. The lowest BCUT2D eigenvalue weighted by Crippen LogP contribution is -2.05. The summed E-state index contributed by atoms with van der Waals surface area (Å²) >= 11 is 3.40. The maximum absolute atomic E-state index is 11.6. The van der Waals surface area contributed by atoms with Crippen LogP contribution < -0.4 is 15.4 Å². The minimum absolute atomic E-state index is 0.0767. The molecule has 0 unspecified atom stereocenters. The fraction of sp³-hybridized carbons (Fsp3) is 0.0588. The van der Waals surface area contributed by atoms with Crippen LogP contribution in [-0.4, -0.2) is 22.0 Å². The van der Waals surface area contributed by atoms with E-state index in [1.165, 1.54) is 6.33 Å². The molecule has 2 N–H and O–H groups in total. The van der Waals surface area contributed by atoms with Gasteiger partial charge in [-0.2, -0.15) is 0 Å². The lowest BCUT2D eigenvalue weighted by atomic mass is 10.3. The predicted octanol–water partition coefficient (Wildman–Crippen LogP) is 4.64. The van der Waals surface area contributed by atoms with E-state index in [-0.39, 0.29) is 17.3 Å². The van der Waals surface area contributed by atoms with Gasteiger partial charge in [-0.05, 0) is 40.2 Å². The van der Waals surface area contributed by atoms with E-state index in [0.717, 1.165) is 4.47 Å². The standard InChI is InChI=1S/C17H14BrN5O3/c1-26-12-6-4-5-11(9-12)21-16-15(23(24)25)17(20-10-19-16)22-14-8-3-2-7-13(14)18/h2-10H,1H3,(H2,19,20,21,22). The van der Waals surface area contributed by atoms with Gasteiger partial charge in [0.1, 0.15) is 12.1 Å². The fourth-order valence-electron chi connectivity index (χ4n) is 2.26. The van der Waals surface area contributed by atoms with Gasteiger partial charge in [-0.3, -0.25) is 10.1 Å². The first-order valence-corrected chi connectivity index (χ1v) is 8.30. The van der Waals surface area contributed by atoms with E-state index < -0.39 is 4.92 Å². The summed E-state index contributed by atoms with van der Waals surface area (Å²) in [6, 6.07) is 14.3. The Labute approximate surface area is 157 Å². The summed E-state index contributed by atoms with van der Waals surface area (Å²) in [7, 11) is 1.55. The first-order chi connectivity index (χ1) is 12.6. The molecule has 1 aromatic heterocycles. The van der Waals surface area contributed by atoms with Crippen LogP contribution in [0, 0.1) is 10.1 Å². The lowest BCUT2D eigenvalue weighted by Gasteiger charge is -2.11. The molecule has 9 heteroatoms. The van der Waals surface area contributed by atoms with E-state index in [4.69, 9.17) is 4.74 Å². The smallest absolute Gasteiger partial charge is 0.353 e. The third-order valence-corrected chi connectivity index (χ3v) is 4.16. The Morgan fingerprint density at radius 3 is 2.50 bits per heavy atom. The van der Waals surface area contributed by atoms with Crippen LogP contribution >= 0.6 is 15.9 Å². The molecule has 0 bridgehead atoms. The molecule has 2 aromatic carbocycles. The molecule has 0 radical (unpaired) electrons. The number of halogens is 1. The average Bonchev–Trinajstić information content (AvgIpc) is 2.63. The van der Waals surface area contributed by atoms with Gasteiger partial charge in [0.05, 0.1) is 17.7 Å². The van der Waals surface area contributed by atoms with Crippen molar-refractivity contribution in [2.24, 2.45) is 0 Å². The largest absolute Gasteiger partial charge is 0.497 e. The first kappa shape index (κ1) is 17.6. The first-order valence-electron chi connectivity index (χ1n) is 7.50. The molecule has 0 aliphatic heterocycles. The number of methoxy groups -OCH3 is 1. The zero-order chi connectivity index (χ0) is 18.5. The summed E-state index contributed by atoms with van der Waals surface area (Å²) in [6.07, 6.45) is 1.26. The maximum atomic E-state index is 11.6. The number of hydrogen-bond acceptors (Lipinski definition) is 7. The molecule has 3 rings (SSSR count). The van der Waals surface area contributed by atoms with Crippen LogP contribution in [0.3, 0.4) is 0 Å². The molecule has 8 nitrogen and oxygen atoms in total. The van der Waals surface area contributed by atoms with Crippen molar-refractivity contribution in [2.45, 2.75) is 0 Å². The van der Waals surface area contributed by atoms with E-state index in [9.17, 15) is 10.1 Å². The number of benzene rings is 2. The molecule has 1 heterocycles. The van der Waals surface area contributed by atoms with Gasteiger partial charge in [-0.25, -0.2) is 9.97 Å². The Balaban J connectivity index is 1.98. The minimum Gasteiger partial charge on any atom is -0.497 e. The Bertz CT molecular complexity index is 951. The SMILES string of the molecule is COc1cccc(Nc2ncnc(Nc3ccccc3Br)c2[N+](=O)[O-])c1. The molecule has 0 saturated heterocycles. The molecule has 0 fully saturated rings. The molecule has 0 amide bonds. The molecule has 0 atom stereocenters. The number of ether oxygens (including phenoxy) is 1. The molecule has 132 valence electrons. The van der Waals surface area contributed by atoms with Gasteiger partial charge in [0.15, 0.2) is 0 Å². The number of nitrogens with one attached hydrogen (secondary N) is 2. The molecule has 3 aromatic rings. The van der Waals surface area contributed by atoms with Crippen LogP contribution in [0.4, 0.5) is 28.7 Å². The number of para-hydroxylation sites is 1. The van der Waals surface area contributed by atoms with Crippen LogP contribution in [0.1, 0.15) is 0 Å². The number of nitrogens with zero attached hydrogens (tertiary/aromatic N) is 3. The van der Waals surface area contributed by atoms with Gasteiger partial charge < -0.3 is 15.4 Å². The van der Waals surface area contributed by atoms with Gasteiger partial charge in [-0.15, -0.1) is 0 Å². The Kier molecular flexibility index (Phi) is 5.28.